The number of hydrogen-bond acceptors (Lipinski definition) is 7. The Morgan fingerprint density at radius 1 is 1.14 bits per heavy atom. The summed E-state index contributed by atoms with van der Waals surface area (Å²) >= 11 is 0. The SMILES string of the molecule is C=CCOc1cccc([C@H]2C(=C(O)c3ccc4c(c3)OCCO4)C(=O)C(=O)N2CCN(CC)CC)c1. The van der Waals surface area contributed by atoms with Gasteiger partial charge in [0.15, 0.2) is 11.5 Å². The van der Waals surface area contributed by atoms with Crippen LogP contribution in [0, 0.1) is 0 Å². The first-order chi connectivity index (χ1) is 17.5. The van der Waals surface area contributed by atoms with Crippen LogP contribution in [0.4, 0.5) is 0 Å². The van der Waals surface area contributed by atoms with Crippen LogP contribution < -0.4 is 14.2 Å². The number of Topliss-reactive ketones (excluding diaryl/α,β-unsaturated/α-hetero) is 1. The van der Waals surface area contributed by atoms with E-state index < -0.39 is 17.7 Å². The van der Waals surface area contributed by atoms with E-state index in [1.165, 1.54) is 4.90 Å². The number of likely N-dealkylation sites (tertiary alicyclic amines) is 1. The third kappa shape index (κ3) is 5.09. The molecule has 1 atom stereocenters. The van der Waals surface area contributed by atoms with Crippen LogP contribution >= 0.6 is 0 Å². The number of ether oxygens (including phenoxy) is 3. The molecule has 0 bridgehead atoms. The normalized spacial score (nSPS) is 18.5. The molecule has 1 fully saturated rings. The van der Waals surface area contributed by atoms with E-state index in [1.807, 2.05) is 12.1 Å². The number of aliphatic hydroxyl groups excluding tert-OH is 1. The van der Waals surface area contributed by atoms with E-state index in [-0.39, 0.29) is 11.3 Å². The fraction of sp³-hybridized carbons (Fsp3) is 0.357. The van der Waals surface area contributed by atoms with Crippen LogP contribution in [-0.4, -0.2) is 72.6 Å². The molecule has 0 radical (unpaired) electrons. The summed E-state index contributed by atoms with van der Waals surface area (Å²) in [4.78, 5) is 30.3. The first-order valence-corrected chi connectivity index (χ1v) is 12.2. The molecular formula is C28H32N2O6. The third-order valence-electron chi connectivity index (χ3n) is 6.45. The molecule has 4 rings (SSSR count). The van der Waals surface area contributed by atoms with Crippen molar-refractivity contribution in [3.8, 4) is 17.2 Å². The minimum absolute atomic E-state index is 0.0390. The van der Waals surface area contributed by atoms with Gasteiger partial charge in [-0.25, -0.2) is 0 Å². The zero-order valence-electron chi connectivity index (χ0n) is 20.7. The number of carbonyl (C=O) groups is 2. The lowest BCUT2D eigenvalue weighted by molar-refractivity contribution is -0.140. The molecule has 190 valence electrons. The van der Waals surface area contributed by atoms with Gasteiger partial charge in [0.25, 0.3) is 11.7 Å². The molecule has 2 aromatic carbocycles. The fourth-order valence-corrected chi connectivity index (χ4v) is 4.52. The van der Waals surface area contributed by atoms with Gasteiger partial charge < -0.3 is 29.1 Å². The molecule has 2 heterocycles. The van der Waals surface area contributed by atoms with Crippen molar-refractivity contribution in [2.45, 2.75) is 19.9 Å². The number of nitrogens with zero attached hydrogens (tertiary/aromatic N) is 2. The second kappa shape index (κ2) is 11.3. The number of fused-ring (bicyclic) bond motifs is 1. The lowest BCUT2D eigenvalue weighted by atomic mass is 9.95. The van der Waals surface area contributed by atoms with Gasteiger partial charge in [0, 0.05) is 18.7 Å². The van der Waals surface area contributed by atoms with E-state index >= 15 is 0 Å². The monoisotopic (exact) mass is 492 g/mol. The number of amides is 1. The minimum atomic E-state index is -0.763. The highest BCUT2D eigenvalue weighted by atomic mass is 16.6. The summed E-state index contributed by atoms with van der Waals surface area (Å²) in [5.74, 6) is 0.0330. The summed E-state index contributed by atoms with van der Waals surface area (Å²) in [6.45, 7) is 11.5. The lowest BCUT2D eigenvalue weighted by Gasteiger charge is -2.28. The lowest BCUT2D eigenvalue weighted by Crippen LogP contribution is -2.38. The molecule has 0 aromatic heterocycles. The first kappa shape index (κ1) is 25.3. The molecule has 2 aliphatic rings. The molecule has 36 heavy (non-hydrogen) atoms. The number of rotatable bonds is 10. The molecule has 1 amide bonds. The summed E-state index contributed by atoms with van der Waals surface area (Å²) in [7, 11) is 0. The maximum absolute atomic E-state index is 13.3. The highest BCUT2D eigenvalue weighted by molar-refractivity contribution is 6.46. The summed E-state index contributed by atoms with van der Waals surface area (Å²) in [5, 5.41) is 11.4. The van der Waals surface area contributed by atoms with Crippen molar-refractivity contribution in [3.05, 3.63) is 71.8 Å². The zero-order chi connectivity index (χ0) is 25.7. The molecule has 0 saturated carbocycles. The molecule has 8 nitrogen and oxygen atoms in total. The Kier molecular flexibility index (Phi) is 7.95. The van der Waals surface area contributed by atoms with Crippen molar-refractivity contribution in [2.24, 2.45) is 0 Å². The van der Waals surface area contributed by atoms with Crippen molar-refractivity contribution in [2.75, 3.05) is 46.0 Å². The standard InChI is InChI=1S/C28H32N2O6/c1-4-14-34-21-9-7-8-19(17-21)25-24(27(32)28(33)30(25)13-12-29(5-2)6-3)26(31)20-10-11-22-23(18-20)36-16-15-35-22/h4,7-11,17-18,25,31H,1,5-6,12-16H2,2-3H3/t25-/m0/s1. The predicted octanol–water partition coefficient (Wildman–Crippen LogP) is 3.79. The third-order valence-corrected chi connectivity index (χ3v) is 6.45. The van der Waals surface area contributed by atoms with Crippen LogP contribution in [0.15, 0.2) is 60.7 Å². The molecule has 2 aliphatic heterocycles. The van der Waals surface area contributed by atoms with Gasteiger partial charge in [-0.05, 0) is 49.0 Å². The second-order valence-electron chi connectivity index (χ2n) is 8.55. The van der Waals surface area contributed by atoms with Gasteiger partial charge in [0.1, 0.15) is 31.3 Å². The highest BCUT2D eigenvalue weighted by Crippen LogP contribution is 2.41. The molecule has 2 aromatic rings. The van der Waals surface area contributed by atoms with Crippen LogP contribution in [0.5, 0.6) is 17.2 Å². The van der Waals surface area contributed by atoms with E-state index in [4.69, 9.17) is 14.2 Å². The quantitative estimate of drug-likeness (QED) is 0.234. The Morgan fingerprint density at radius 3 is 2.61 bits per heavy atom. The summed E-state index contributed by atoms with van der Waals surface area (Å²) in [6.07, 6.45) is 1.64. The van der Waals surface area contributed by atoms with Crippen LogP contribution in [-0.2, 0) is 9.59 Å². The van der Waals surface area contributed by atoms with E-state index in [1.54, 1.807) is 36.4 Å². The summed E-state index contributed by atoms with van der Waals surface area (Å²) in [6, 6.07) is 11.5. The van der Waals surface area contributed by atoms with Gasteiger partial charge in [-0.15, -0.1) is 0 Å². The van der Waals surface area contributed by atoms with Crippen molar-refractivity contribution in [3.63, 3.8) is 0 Å². The van der Waals surface area contributed by atoms with Gasteiger partial charge in [0.05, 0.1) is 11.6 Å². The van der Waals surface area contributed by atoms with Gasteiger partial charge in [-0.3, -0.25) is 9.59 Å². The predicted molar refractivity (Wildman–Crippen MR) is 136 cm³/mol. The number of benzene rings is 2. The minimum Gasteiger partial charge on any atom is -0.507 e. The zero-order valence-corrected chi connectivity index (χ0v) is 20.7. The van der Waals surface area contributed by atoms with Gasteiger partial charge in [-0.2, -0.15) is 0 Å². The molecule has 8 heteroatoms. The van der Waals surface area contributed by atoms with Crippen LogP contribution in [0.1, 0.15) is 31.0 Å². The number of ketones is 1. The van der Waals surface area contributed by atoms with Crippen LogP contribution in [0.2, 0.25) is 0 Å². The summed E-state index contributed by atoms with van der Waals surface area (Å²) < 4.78 is 16.9. The fourth-order valence-electron chi connectivity index (χ4n) is 4.52. The summed E-state index contributed by atoms with van der Waals surface area (Å²) in [5.41, 5.74) is 1.09. The van der Waals surface area contributed by atoms with Crippen molar-refractivity contribution in [1.29, 1.82) is 0 Å². The number of hydrogen-bond donors (Lipinski definition) is 1. The molecule has 0 spiro atoms. The van der Waals surface area contributed by atoms with Gasteiger partial charge in [-0.1, -0.05) is 38.6 Å². The average molecular weight is 493 g/mol. The Balaban J connectivity index is 1.79. The first-order valence-electron chi connectivity index (χ1n) is 12.2. The highest BCUT2D eigenvalue weighted by Gasteiger charge is 2.46. The number of aliphatic hydroxyl groups is 1. The van der Waals surface area contributed by atoms with Crippen molar-refractivity contribution >= 4 is 17.4 Å². The largest absolute Gasteiger partial charge is 0.507 e. The van der Waals surface area contributed by atoms with Crippen LogP contribution in [0.25, 0.3) is 5.76 Å². The molecule has 1 saturated heterocycles. The molecule has 0 unspecified atom stereocenters. The van der Waals surface area contributed by atoms with Crippen LogP contribution in [0.3, 0.4) is 0 Å². The van der Waals surface area contributed by atoms with Gasteiger partial charge >= 0.3 is 0 Å². The Hall–Kier alpha value is -3.78. The van der Waals surface area contributed by atoms with E-state index in [0.717, 1.165) is 13.1 Å². The van der Waals surface area contributed by atoms with Crippen molar-refractivity contribution < 1.29 is 28.9 Å². The Labute approximate surface area is 211 Å². The maximum Gasteiger partial charge on any atom is 0.295 e. The second-order valence-corrected chi connectivity index (χ2v) is 8.55. The average Bonchev–Trinajstić information content (AvgIpc) is 3.17. The smallest absolute Gasteiger partial charge is 0.295 e. The van der Waals surface area contributed by atoms with Gasteiger partial charge in [0.2, 0.25) is 0 Å². The van der Waals surface area contributed by atoms with E-state index in [2.05, 4.69) is 25.3 Å². The molecular weight excluding hydrogens is 460 g/mol. The van der Waals surface area contributed by atoms with E-state index in [9.17, 15) is 14.7 Å². The number of carbonyl (C=O) groups excluding carboxylic acids is 2. The van der Waals surface area contributed by atoms with Crippen molar-refractivity contribution in [1.82, 2.24) is 9.80 Å². The maximum atomic E-state index is 13.3. The molecule has 0 aliphatic carbocycles. The Morgan fingerprint density at radius 2 is 1.89 bits per heavy atom. The topological polar surface area (TPSA) is 88.5 Å². The number of likely N-dealkylation sites (N-methyl/N-ethyl adjacent to an activating group) is 1. The van der Waals surface area contributed by atoms with E-state index in [0.29, 0.717) is 61.3 Å². The molecule has 1 N–H and O–H groups in total. The Bertz CT molecular complexity index is 1170.